The summed E-state index contributed by atoms with van der Waals surface area (Å²) in [4.78, 5) is 2.38. The number of aromatic nitrogens is 1. The largest absolute Gasteiger partial charge is 0.455 e. The predicted molar refractivity (Wildman–Crippen MR) is 291 cm³/mol. The summed E-state index contributed by atoms with van der Waals surface area (Å²) in [5.74, 6) is 0. The average Bonchev–Trinajstić information content (AvgIpc) is 3.98. The molecule has 0 unspecified atom stereocenters. The van der Waals surface area contributed by atoms with E-state index in [-0.39, 0.29) is 0 Å². The van der Waals surface area contributed by atoms with Crippen molar-refractivity contribution < 1.29 is 4.42 Å². The number of allylic oxidation sites excluding steroid dienone is 4. The highest BCUT2D eigenvalue weighted by molar-refractivity contribution is 6.11. The van der Waals surface area contributed by atoms with Crippen molar-refractivity contribution in [3.63, 3.8) is 0 Å². The van der Waals surface area contributed by atoms with Crippen LogP contribution in [0.2, 0.25) is 0 Å². The fourth-order valence-electron chi connectivity index (χ4n) is 10.5. The van der Waals surface area contributed by atoms with Gasteiger partial charge in [0.15, 0.2) is 0 Å². The standard InChI is InChI=1S/C66H46N2O/c1-2-16-45(17-3-1)49-18-12-19-50(42-49)52-21-14-23-55(44-52)67(53-40-38-48(39-41-53)57-28-15-29-61-60-27-7-11-33-65(60)69-66(57)61)54-22-13-20-51(43-54)46-34-36-47(37-35-46)56-24-4-8-30-62(56)68-63-31-9-5-25-58(63)59-26-6-10-32-64(59)68/h1-2,4-16,18-44H,3,17H2. The molecule has 12 aromatic rings. The van der Waals surface area contributed by atoms with Gasteiger partial charge in [0.1, 0.15) is 11.2 Å². The minimum atomic E-state index is 0.902. The van der Waals surface area contributed by atoms with Gasteiger partial charge >= 0.3 is 0 Å². The van der Waals surface area contributed by atoms with Crippen molar-refractivity contribution in [2.24, 2.45) is 0 Å². The molecule has 0 aliphatic heterocycles. The van der Waals surface area contributed by atoms with Crippen LogP contribution in [-0.4, -0.2) is 4.57 Å². The number of furan rings is 1. The fraction of sp³-hybridized carbons (Fsp3) is 0.0303. The van der Waals surface area contributed by atoms with Gasteiger partial charge in [0.25, 0.3) is 0 Å². The number of benzene rings is 10. The number of para-hydroxylation sites is 5. The van der Waals surface area contributed by atoms with Gasteiger partial charge in [-0.2, -0.15) is 0 Å². The van der Waals surface area contributed by atoms with Crippen LogP contribution in [0.5, 0.6) is 0 Å². The van der Waals surface area contributed by atoms with Gasteiger partial charge in [-0.25, -0.2) is 0 Å². The van der Waals surface area contributed by atoms with Gasteiger partial charge in [0, 0.05) is 49.7 Å². The van der Waals surface area contributed by atoms with E-state index in [1.807, 2.05) is 12.1 Å². The lowest BCUT2D eigenvalue weighted by Gasteiger charge is -2.27. The van der Waals surface area contributed by atoms with Crippen LogP contribution in [0.4, 0.5) is 17.1 Å². The summed E-state index contributed by atoms with van der Waals surface area (Å²) < 4.78 is 8.89. The Balaban J connectivity index is 0.887. The molecule has 0 amide bonds. The molecule has 0 bridgehead atoms. The molecule has 0 N–H and O–H groups in total. The van der Waals surface area contributed by atoms with Crippen molar-refractivity contribution in [1.82, 2.24) is 4.57 Å². The molecule has 0 atom stereocenters. The van der Waals surface area contributed by atoms with Crippen molar-refractivity contribution >= 4 is 66.4 Å². The molecule has 0 saturated carbocycles. The molecule has 69 heavy (non-hydrogen) atoms. The van der Waals surface area contributed by atoms with E-state index in [9.17, 15) is 0 Å². The molecule has 0 fully saturated rings. The summed E-state index contributed by atoms with van der Waals surface area (Å²) in [7, 11) is 0. The Morgan fingerprint density at radius 1 is 0.377 bits per heavy atom. The van der Waals surface area contributed by atoms with Crippen LogP contribution >= 0.6 is 0 Å². The highest BCUT2D eigenvalue weighted by Gasteiger charge is 2.19. The molecule has 2 aromatic heterocycles. The molecule has 13 rings (SSSR count). The Labute approximate surface area is 401 Å². The quantitative estimate of drug-likeness (QED) is 0.144. The van der Waals surface area contributed by atoms with Crippen molar-refractivity contribution in [2.45, 2.75) is 12.8 Å². The van der Waals surface area contributed by atoms with Gasteiger partial charge < -0.3 is 13.9 Å². The second kappa shape index (κ2) is 17.1. The SMILES string of the molecule is C1=CCCC(c2cccc(-c3cccc(N(c4ccc(-c5cccc6c5oc5ccccc56)cc4)c4cccc(-c5ccc(-c6ccccc6-n6c7ccccc7c7ccccc76)cc5)c4)c3)c2)=C1. The molecular weight excluding hydrogens is 837 g/mol. The topological polar surface area (TPSA) is 21.3 Å². The number of hydrogen-bond donors (Lipinski definition) is 0. The number of rotatable bonds is 9. The first kappa shape index (κ1) is 40.4. The molecule has 10 aromatic carbocycles. The first-order valence-electron chi connectivity index (χ1n) is 23.9. The van der Waals surface area contributed by atoms with Gasteiger partial charge in [-0.05, 0) is 124 Å². The first-order chi connectivity index (χ1) is 34.2. The highest BCUT2D eigenvalue weighted by atomic mass is 16.3. The zero-order chi connectivity index (χ0) is 45.7. The summed E-state index contributed by atoms with van der Waals surface area (Å²) >= 11 is 0. The van der Waals surface area contributed by atoms with Gasteiger partial charge in [-0.15, -0.1) is 0 Å². The summed E-state index contributed by atoms with van der Waals surface area (Å²) in [5.41, 5.74) is 20.5. The normalized spacial score (nSPS) is 12.6. The Hall–Kier alpha value is -8.92. The second-order valence-corrected chi connectivity index (χ2v) is 18.0. The molecule has 3 nitrogen and oxygen atoms in total. The van der Waals surface area contributed by atoms with Crippen LogP contribution < -0.4 is 4.90 Å². The van der Waals surface area contributed by atoms with Gasteiger partial charge in [-0.3, -0.25) is 0 Å². The Morgan fingerprint density at radius 3 is 1.64 bits per heavy atom. The zero-order valence-electron chi connectivity index (χ0n) is 38.0. The van der Waals surface area contributed by atoms with Crippen molar-refractivity contribution in [1.29, 1.82) is 0 Å². The van der Waals surface area contributed by atoms with Crippen LogP contribution in [-0.2, 0) is 0 Å². The minimum Gasteiger partial charge on any atom is -0.455 e. The van der Waals surface area contributed by atoms with Crippen LogP contribution in [0, 0.1) is 0 Å². The van der Waals surface area contributed by atoms with Gasteiger partial charge in [0.05, 0.1) is 16.7 Å². The van der Waals surface area contributed by atoms with Crippen LogP contribution in [0.3, 0.4) is 0 Å². The van der Waals surface area contributed by atoms with Crippen LogP contribution in [0.1, 0.15) is 18.4 Å². The van der Waals surface area contributed by atoms with E-state index in [2.05, 4.69) is 252 Å². The monoisotopic (exact) mass is 882 g/mol. The third kappa shape index (κ3) is 7.24. The van der Waals surface area contributed by atoms with E-state index in [1.54, 1.807) is 0 Å². The number of fused-ring (bicyclic) bond motifs is 6. The van der Waals surface area contributed by atoms with Gasteiger partial charge in [0.2, 0.25) is 0 Å². The number of hydrogen-bond acceptors (Lipinski definition) is 2. The van der Waals surface area contributed by atoms with Crippen molar-refractivity contribution in [3.8, 4) is 50.2 Å². The lowest BCUT2D eigenvalue weighted by Crippen LogP contribution is -2.10. The van der Waals surface area contributed by atoms with Crippen LogP contribution in [0.25, 0.3) is 99.5 Å². The molecule has 0 saturated heterocycles. The maximum absolute atomic E-state index is 6.48. The molecule has 1 aliphatic carbocycles. The van der Waals surface area contributed by atoms with Crippen LogP contribution in [0.15, 0.2) is 259 Å². The van der Waals surface area contributed by atoms with E-state index in [0.717, 1.165) is 79.8 Å². The van der Waals surface area contributed by atoms with Gasteiger partial charge in [-0.1, -0.05) is 188 Å². The Bertz CT molecular complexity index is 3900. The predicted octanol–water partition coefficient (Wildman–Crippen LogP) is 18.6. The molecule has 326 valence electrons. The molecule has 2 heterocycles. The highest BCUT2D eigenvalue weighted by Crippen LogP contribution is 2.42. The zero-order valence-corrected chi connectivity index (χ0v) is 38.0. The third-order valence-electron chi connectivity index (χ3n) is 13.9. The van der Waals surface area contributed by atoms with E-state index in [0.29, 0.717) is 0 Å². The maximum Gasteiger partial charge on any atom is 0.143 e. The first-order valence-corrected chi connectivity index (χ1v) is 23.9. The van der Waals surface area contributed by atoms with E-state index in [1.165, 1.54) is 55.2 Å². The summed E-state index contributed by atoms with van der Waals surface area (Å²) in [6.45, 7) is 0. The maximum atomic E-state index is 6.48. The fourth-order valence-corrected chi connectivity index (χ4v) is 10.5. The number of anilines is 3. The Kier molecular flexibility index (Phi) is 9.98. The average molecular weight is 883 g/mol. The van der Waals surface area contributed by atoms with Crippen molar-refractivity contribution in [3.05, 3.63) is 260 Å². The summed E-state index contributed by atoms with van der Waals surface area (Å²) in [6, 6.07) is 85.8. The van der Waals surface area contributed by atoms with E-state index >= 15 is 0 Å². The molecular formula is C66H46N2O. The summed E-state index contributed by atoms with van der Waals surface area (Å²) in [6.07, 6.45) is 8.82. The Morgan fingerprint density at radius 2 is 0.913 bits per heavy atom. The molecule has 0 spiro atoms. The number of nitrogens with zero attached hydrogens (tertiary/aromatic N) is 2. The van der Waals surface area contributed by atoms with Crippen molar-refractivity contribution in [2.75, 3.05) is 4.90 Å². The molecule has 0 radical (unpaired) electrons. The van der Waals surface area contributed by atoms with E-state index in [4.69, 9.17) is 4.42 Å². The lowest BCUT2D eigenvalue weighted by molar-refractivity contribution is 0.670. The third-order valence-corrected chi connectivity index (χ3v) is 13.9. The molecule has 1 aliphatic rings. The smallest absolute Gasteiger partial charge is 0.143 e. The molecule has 3 heteroatoms. The summed E-state index contributed by atoms with van der Waals surface area (Å²) in [5, 5.41) is 4.78. The van der Waals surface area contributed by atoms with E-state index < -0.39 is 0 Å². The lowest BCUT2D eigenvalue weighted by atomic mass is 9.94. The minimum absolute atomic E-state index is 0.902. The second-order valence-electron chi connectivity index (χ2n) is 18.0.